The first-order valence-corrected chi connectivity index (χ1v) is 6.44. The number of alkyl halides is 1. The van der Waals surface area contributed by atoms with Crippen LogP contribution in [0.3, 0.4) is 0 Å². The van der Waals surface area contributed by atoms with Crippen LogP contribution in [0.5, 0.6) is 0 Å². The minimum atomic E-state index is 0.758. The zero-order chi connectivity index (χ0) is 9.07. The lowest BCUT2D eigenvalue weighted by molar-refractivity contribution is -0.107. The molecule has 0 N–H and O–H groups in total. The van der Waals surface area contributed by atoms with Crippen molar-refractivity contribution in [3.63, 3.8) is 0 Å². The van der Waals surface area contributed by atoms with E-state index in [4.69, 9.17) is 0 Å². The van der Waals surface area contributed by atoms with Crippen molar-refractivity contribution >= 4 is 28.9 Å². The fourth-order valence-corrected chi connectivity index (χ4v) is 1.75. The minimum Gasteiger partial charge on any atom is -0.303 e. The molecule has 1 nitrogen and oxygen atoms in total. The molecule has 0 rings (SSSR count). The number of hydrogen-bond donors (Lipinski definition) is 0. The quantitative estimate of drug-likeness (QED) is 0.272. The lowest BCUT2D eigenvalue weighted by Crippen LogP contribution is -1.81. The van der Waals surface area contributed by atoms with Crippen molar-refractivity contribution in [1.82, 2.24) is 0 Å². The molecule has 0 radical (unpaired) electrons. The van der Waals surface area contributed by atoms with E-state index in [0.29, 0.717) is 0 Å². The normalized spacial score (nSPS) is 10.1. The van der Waals surface area contributed by atoms with Gasteiger partial charge in [0.05, 0.1) is 0 Å². The van der Waals surface area contributed by atoms with E-state index in [1.807, 2.05) is 0 Å². The number of rotatable bonds is 9. The predicted molar refractivity (Wildman–Crippen MR) is 61.9 cm³/mol. The van der Waals surface area contributed by atoms with E-state index >= 15 is 0 Å². The largest absolute Gasteiger partial charge is 0.303 e. The monoisotopic (exact) mass is 282 g/mol. The fraction of sp³-hybridized carbons (Fsp3) is 0.900. The molecule has 12 heavy (non-hydrogen) atoms. The molecule has 0 aromatic heterocycles. The van der Waals surface area contributed by atoms with Crippen LogP contribution in [0, 0.1) is 0 Å². The first kappa shape index (κ1) is 12.4. The van der Waals surface area contributed by atoms with Crippen LogP contribution in [0.4, 0.5) is 0 Å². The highest BCUT2D eigenvalue weighted by Crippen LogP contribution is 2.08. The van der Waals surface area contributed by atoms with Gasteiger partial charge in [0.15, 0.2) is 0 Å². The zero-order valence-electron chi connectivity index (χ0n) is 7.73. The Morgan fingerprint density at radius 2 is 1.33 bits per heavy atom. The Kier molecular flexibility index (Phi) is 11.8. The summed E-state index contributed by atoms with van der Waals surface area (Å²) in [5, 5.41) is 0. The minimum absolute atomic E-state index is 0.758. The lowest BCUT2D eigenvalue weighted by atomic mass is 10.1. The second-order valence-corrected chi connectivity index (χ2v) is 4.20. The van der Waals surface area contributed by atoms with Crippen molar-refractivity contribution in [3.05, 3.63) is 0 Å². The summed E-state index contributed by atoms with van der Waals surface area (Å²) in [4.78, 5) is 9.98. The Morgan fingerprint density at radius 3 is 1.83 bits per heavy atom. The molecule has 0 bridgehead atoms. The molecule has 0 aromatic carbocycles. The van der Waals surface area contributed by atoms with Crippen LogP contribution in [-0.4, -0.2) is 10.7 Å². The zero-order valence-corrected chi connectivity index (χ0v) is 9.89. The third-order valence-electron chi connectivity index (χ3n) is 1.96. The van der Waals surface area contributed by atoms with Gasteiger partial charge in [-0.1, -0.05) is 54.7 Å². The molecule has 0 saturated heterocycles. The van der Waals surface area contributed by atoms with Gasteiger partial charge in [0.2, 0.25) is 0 Å². The molecule has 0 fully saturated rings. The first-order valence-electron chi connectivity index (χ1n) is 4.91. The van der Waals surface area contributed by atoms with Gasteiger partial charge in [0.1, 0.15) is 6.29 Å². The van der Waals surface area contributed by atoms with Crippen LogP contribution < -0.4 is 0 Å². The van der Waals surface area contributed by atoms with Crippen LogP contribution >= 0.6 is 22.6 Å². The SMILES string of the molecule is O=CCCCCCCCCCI. The summed E-state index contributed by atoms with van der Waals surface area (Å²) < 4.78 is 1.29. The summed E-state index contributed by atoms with van der Waals surface area (Å²) >= 11 is 2.43. The van der Waals surface area contributed by atoms with E-state index in [1.54, 1.807) is 0 Å². The standard InChI is InChI=1S/C10H19IO/c11-9-7-5-3-1-2-4-6-8-10-12/h10H,1-9H2. The number of halogens is 1. The van der Waals surface area contributed by atoms with Crippen LogP contribution in [-0.2, 0) is 4.79 Å². The first-order chi connectivity index (χ1) is 5.91. The van der Waals surface area contributed by atoms with Gasteiger partial charge in [-0.2, -0.15) is 0 Å². The second kappa shape index (κ2) is 11.4. The summed E-state index contributed by atoms with van der Waals surface area (Å²) in [6.45, 7) is 0. The van der Waals surface area contributed by atoms with Crippen molar-refractivity contribution in [2.24, 2.45) is 0 Å². The van der Waals surface area contributed by atoms with Crippen LogP contribution in [0.1, 0.15) is 51.4 Å². The molecule has 0 saturated carbocycles. The Morgan fingerprint density at radius 1 is 0.833 bits per heavy atom. The second-order valence-electron chi connectivity index (χ2n) is 3.12. The highest BCUT2D eigenvalue weighted by Gasteiger charge is 1.90. The van der Waals surface area contributed by atoms with Gasteiger partial charge in [-0.15, -0.1) is 0 Å². The molecule has 0 amide bonds. The average Bonchev–Trinajstić information content (AvgIpc) is 2.10. The molecule has 0 unspecified atom stereocenters. The van der Waals surface area contributed by atoms with Crippen molar-refractivity contribution in [1.29, 1.82) is 0 Å². The summed E-state index contributed by atoms with van der Waals surface area (Å²) in [7, 11) is 0. The molecule has 0 heterocycles. The van der Waals surface area contributed by atoms with Crippen molar-refractivity contribution < 1.29 is 4.79 Å². The number of carbonyl (C=O) groups excluding carboxylic acids is 1. The number of hydrogen-bond acceptors (Lipinski definition) is 1. The number of carbonyl (C=O) groups is 1. The molecule has 0 aliphatic heterocycles. The van der Waals surface area contributed by atoms with Gasteiger partial charge >= 0.3 is 0 Å². The van der Waals surface area contributed by atoms with Crippen molar-refractivity contribution in [2.45, 2.75) is 51.4 Å². The van der Waals surface area contributed by atoms with Gasteiger partial charge in [-0.05, 0) is 17.3 Å². The maximum absolute atomic E-state index is 9.98. The number of aldehydes is 1. The Balaban J connectivity index is 2.77. The molecule has 72 valence electrons. The Hall–Kier alpha value is 0.400. The predicted octanol–water partition coefficient (Wildman–Crippen LogP) is 3.74. The van der Waals surface area contributed by atoms with Crippen LogP contribution in [0.2, 0.25) is 0 Å². The third kappa shape index (κ3) is 10.4. The van der Waals surface area contributed by atoms with E-state index in [1.165, 1.54) is 43.0 Å². The Bertz CT molecular complexity index is 93.8. The summed E-state index contributed by atoms with van der Waals surface area (Å²) in [6.07, 6.45) is 10.9. The van der Waals surface area contributed by atoms with Crippen molar-refractivity contribution in [2.75, 3.05) is 4.43 Å². The summed E-state index contributed by atoms with van der Waals surface area (Å²) in [6, 6.07) is 0. The molecule has 0 aromatic rings. The molecule has 0 aliphatic carbocycles. The Labute approximate surface area is 89.4 Å². The van der Waals surface area contributed by atoms with E-state index < -0.39 is 0 Å². The smallest absolute Gasteiger partial charge is 0.119 e. The van der Waals surface area contributed by atoms with E-state index in [9.17, 15) is 4.79 Å². The molecule has 2 heteroatoms. The maximum atomic E-state index is 9.98. The molecule has 0 aliphatic rings. The van der Waals surface area contributed by atoms with Gasteiger partial charge in [-0.25, -0.2) is 0 Å². The van der Waals surface area contributed by atoms with E-state index in [-0.39, 0.29) is 0 Å². The van der Waals surface area contributed by atoms with Gasteiger partial charge in [0.25, 0.3) is 0 Å². The maximum Gasteiger partial charge on any atom is 0.119 e. The fourth-order valence-electron chi connectivity index (χ4n) is 1.21. The summed E-state index contributed by atoms with van der Waals surface area (Å²) in [5.41, 5.74) is 0. The molecule has 0 spiro atoms. The third-order valence-corrected chi connectivity index (χ3v) is 2.72. The van der Waals surface area contributed by atoms with E-state index in [2.05, 4.69) is 22.6 Å². The summed E-state index contributed by atoms with van der Waals surface area (Å²) in [5.74, 6) is 0. The highest BCUT2D eigenvalue weighted by atomic mass is 127. The topological polar surface area (TPSA) is 17.1 Å². The molecular formula is C10H19IO. The molecular weight excluding hydrogens is 263 g/mol. The number of unbranched alkanes of at least 4 members (excludes halogenated alkanes) is 7. The average molecular weight is 282 g/mol. The highest BCUT2D eigenvalue weighted by molar-refractivity contribution is 14.1. The van der Waals surface area contributed by atoms with E-state index in [0.717, 1.165) is 19.1 Å². The van der Waals surface area contributed by atoms with Gasteiger partial charge in [0, 0.05) is 6.42 Å². The lowest BCUT2D eigenvalue weighted by Gasteiger charge is -1.98. The van der Waals surface area contributed by atoms with Crippen LogP contribution in [0.15, 0.2) is 0 Å². The van der Waals surface area contributed by atoms with Crippen molar-refractivity contribution in [3.8, 4) is 0 Å². The van der Waals surface area contributed by atoms with Gasteiger partial charge in [-0.3, -0.25) is 0 Å². The van der Waals surface area contributed by atoms with Crippen LogP contribution in [0.25, 0.3) is 0 Å². The van der Waals surface area contributed by atoms with Gasteiger partial charge < -0.3 is 4.79 Å². The molecule has 0 atom stereocenters.